The third-order valence-corrected chi connectivity index (χ3v) is 3.27. The molecule has 98 valence electrons. The van der Waals surface area contributed by atoms with Gasteiger partial charge >= 0.3 is 0 Å². The van der Waals surface area contributed by atoms with Crippen molar-refractivity contribution in [2.75, 3.05) is 11.4 Å². The zero-order valence-corrected chi connectivity index (χ0v) is 11.7. The second kappa shape index (κ2) is 5.22. The van der Waals surface area contributed by atoms with Crippen LogP contribution in [-0.2, 0) is 4.79 Å². The van der Waals surface area contributed by atoms with Gasteiger partial charge in [0.25, 0.3) is 0 Å². The van der Waals surface area contributed by atoms with Crippen molar-refractivity contribution >= 4 is 23.3 Å². The van der Waals surface area contributed by atoms with Gasteiger partial charge in [0.05, 0.1) is 0 Å². The Hall–Kier alpha value is -1.16. The van der Waals surface area contributed by atoms with Crippen LogP contribution in [0.2, 0.25) is 5.15 Å². The topological polar surface area (TPSA) is 46.1 Å². The molecule has 4 nitrogen and oxygen atoms in total. The third kappa shape index (κ3) is 2.99. The van der Waals surface area contributed by atoms with E-state index in [0.717, 1.165) is 13.0 Å². The molecule has 1 unspecified atom stereocenters. The molecule has 1 amide bonds. The number of amides is 1. The van der Waals surface area contributed by atoms with Gasteiger partial charge in [0, 0.05) is 19.0 Å². The number of carbonyl (C=O) groups is 1. The van der Waals surface area contributed by atoms with Crippen molar-refractivity contribution in [3.63, 3.8) is 0 Å². The summed E-state index contributed by atoms with van der Waals surface area (Å²) in [5.41, 5.74) is 0. The zero-order valence-electron chi connectivity index (χ0n) is 11.0. The van der Waals surface area contributed by atoms with Crippen molar-refractivity contribution < 1.29 is 4.79 Å². The van der Waals surface area contributed by atoms with Gasteiger partial charge in [0.15, 0.2) is 0 Å². The number of hydrogen-bond donors (Lipinski definition) is 0. The van der Waals surface area contributed by atoms with Crippen molar-refractivity contribution in [1.29, 1.82) is 0 Å². The van der Waals surface area contributed by atoms with Gasteiger partial charge in [-0.05, 0) is 25.2 Å². The number of anilines is 1. The molecule has 0 aliphatic carbocycles. The summed E-state index contributed by atoms with van der Waals surface area (Å²) in [6.45, 7) is 6.88. The van der Waals surface area contributed by atoms with Gasteiger partial charge in [0.2, 0.25) is 5.91 Å². The van der Waals surface area contributed by atoms with Crippen molar-refractivity contribution in [2.24, 2.45) is 11.8 Å². The molecule has 0 N–H and O–H groups in total. The summed E-state index contributed by atoms with van der Waals surface area (Å²) in [4.78, 5) is 22.0. The molecule has 1 atom stereocenters. The van der Waals surface area contributed by atoms with Crippen molar-refractivity contribution in [1.82, 2.24) is 9.97 Å². The first-order valence-corrected chi connectivity index (χ1v) is 6.65. The maximum absolute atomic E-state index is 12.0. The Morgan fingerprint density at radius 3 is 2.83 bits per heavy atom. The van der Waals surface area contributed by atoms with Gasteiger partial charge in [-0.2, -0.15) is 0 Å². The van der Waals surface area contributed by atoms with E-state index in [1.165, 1.54) is 0 Å². The lowest BCUT2D eigenvalue weighted by molar-refractivity contribution is -0.117. The smallest absolute Gasteiger partial charge is 0.228 e. The van der Waals surface area contributed by atoms with Crippen LogP contribution in [0.15, 0.2) is 6.07 Å². The monoisotopic (exact) mass is 267 g/mol. The molecule has 2 rings (SSSR count). The molecule has 18 heavy (non-hydrogen) atoms. The second-order valence-electron chi connectivity index (χ2n) is 5.30. The Labute approximate surface area is 112 Å². The molecule has 1 aliphatic heterocycles. The molecule has 1 fully saturated rings. The average Bonchev–Trinajstić information content (AvgIpc) is 2.56. The van der Waals surface area contributed by atoms with Gasteiger partial charge in [-0.15, -0.1) is 0 Å². The van der Waals surface area contributed by atoms with Crippen LogP contribution in [0.3, 0.4) is 0 Å². The van der Waals surface area contributed by atoms with Crippen LogP contribution in [0.4, 0.5) is 5.82 Å². The van der Waals surface area contributed by atoms with E-state index in [1.54, 1.807) is 17.9 Å². The zero-order chi connectivity index (χ0) is 13.3. The Bertz CT molecular complexity index is 441. The van der Waals surface area contributed by atoms with E-state index in [4.69, 9.17) is 11.6 Å². The minimum atomic E-state index is 0.134. The van der Waals surface area contributed by atoms with E-state index in [0.29, 0.717) is 35.1 Å². The van der Waals surface area contributed by atoms with Crippen LogP contribution < -0.4 is 4.90 Å². The van der Waals surface area contributed by atoms with E-state index in [1.807, 2.05) is 0 Å². The quantitative estimate of drug-likeness (QED) is 0.791. The molecular weight excluding hydrogens is 250 g/mol. The fourth-order valence-electron chi connectivity index (χ4n) is 2.48. The molecule has 0 saturated carbocycles. The van der Waals surface area contributed by atoms with Crippen molar-refractivity contribution in [2.45, 2.75) is 33.6 Å². The molecule has 1 saturated heterocycles. The number of halogens is 1. The summed E-state index contributed by atoms with van der Waals surface area (Å²) < 4.78 is 0. The van der Waals surface area contributed by atoms with Gasteiger partial charge < -0.3 is 0 Å². The summed E-state index contributed by atoms with van der Waals surface area (Å²) >= 11 is 5.91. The van der Waals surface area contributed by atoms with Gasteiger partial charge in [-0.1, -0.05) is 25.4 Å². The van der Waals surface area contributed by atoms with Crippen molar-refractivity contribution in [3.8, 4) is 0 Å². The first-order chi connectivity index (χ1) is 8.45. The molecule has 1 aromatic heterocycles. The summed E-state index contributed by atoms with van der Waals surface area (Å²) in [6, 6.07) is 1.66. The Morgan fingerprint density at radius 1 is 1.50 bits per heavy atom. The van der Waals surface area contributed by atoms with Crippen LogP contribution in [0, 0.1) is 18.8 Å². The summed E-state index contributed by atoms with van der Waals surface area (Å²) in [7, 11) is 0. The highest BCUT2D eigenvalue weighted by atomic mass is 35.5. The first kappa shape index (κ1) is 13.3. The fraction of sp³-hybridized carbons (Fsp3) is 0.615. The van der Waals surface area contributed by atoms with Gasteiger partial charge in [-0.25, -0.2) is 9.97 Å². The predicted octanol–water partition coefficient (Wildman–Crippen LogP) is 2.84. The molecule has 0 radical (unpaired) electrons. The fourth-order valence-corrected chi connectivity index (χ4v) is 2.70. The number of aromatic nitrogens is 2. The molecule has 0 spiro atoms. The maximum atomic E-state index is 12.0. The molecule has 1 aromatic rings. The average molecular weight is 268 g/mol. The highest BCUT2D eigenvalue weighted by molar-refractivity contribution is 6.29. The van der Waals surface area contributed by atoms with Gasteiger partial charge in [0.1, 0.15) is 16.8 Å². The lowest BCUT2D eigenvalue weighted by Crippen LogP contribution is -2.26. The third-order valence-electron chi connectivity index (χ3n) is 3.08. The molecule has 5 heteroatoms. The maximum Gasteiger partial charge on any atom is 0.228 e. The molecule has 2 heterocycles. The Kier molecular flexibility index (Phi) is 3.85. The number of carbonyl (C=O) groups excluding carboxylic acids is 1. The number of nitrogens with zero attached hydrogens (tertiary/aromatic N) is 3. The number of aryl methyl sites for hydroxylation is 1. The van der Waals surface area contributed by atoms with Gasteiger partial charge in [-0.3, -0.25) is 9.69 Å². The lowest BCUT2D eigenvalue weighted by atomic mass is 9.96. The van der Waals surface area contributed by atoms with Crippen LogP contribution in [-0.4, -0.2) is 22.4 Å². The molecule has 1 aliphatic rings. The summed E-state index contributed by atoms with van der Waals surface area (Å²) in [5.74, 6) is 2.39. The first-order valence-electron chi connectivity index (χ1n) is 6.27. The predicted molar refractivity (Wildman–Crippen MR) is 71.7 cm³/mol. The van der Waals surface area contributed by atoms with Crippen molar-refractivity contribution in [3.05, 3.63) is 17.0 Å². The van der Waals surface area contributed by atoms with E-state index in [9.17, 15) is 4.79 Å². The van der Waals surface area contributed by atoms with E-state index < -0.39 is 0 Å². The molecule has 0 aromatic carbocycles. The summed E-state index contributed by atoms with van der Waals surface area (Å²) in [6.07, 6.45) is 1.68. The highest BCUT2D eigenvalue weighted by Gasteiger charge is 2.31. The Balaban J connectivity index is 2.16. The van der Waals surface area contributed by atoms with Crippen LogP contribution in [0.1, 0.15) is 32.5 Å². The normalized spacial score (nSPS) is 19.9. The van der Waals surface area contributed by atoms with E-state index in [-0.39, 0.29) is 5.91 Å². The summed E-state index contributed by atoms with van der Waals surface area (Å²) in [5, 5.41) is 0.387. The number of hydrogen-bond acceptors (Lipinski definition) is 3. The highest BCUT2D eigenvalue weighted by Crippen LogP contribution is 2.28. The van der Waals surface area contributed by atoms with E-state index >= 15 is 0 Å². The Morgan fingerprint density at radius 2 is 2.22 bits per heavy atom. The SMILES string of the molecule is Cc1nc(Cl)cc(N2CC(CC(C)C)CC2=O)n1. The molecule has 0 bridgehead atoms. The standard InChI is InChI=1S/C13H18ClN3O/c1-8(2)4-10-5-13(18)17(7-10)12-6-11(14)15-9(3)16-12/h6,8,10H,4-5,7H2,1-3H3. The lowest BCUT2D eigenvalue weighted by Gasteiger charge is -2.16. The van der Waals surface area contributed by atoms with Crippen LogP contribution in [0.25, 0.3) is 0 Å². The van der Waals surface area contributed by atoms with E-state index in [2.05, 4.69) is 23.8 Å². The largest absolute Gasteiger partial charge is 0.296 e. The van der Waals surface area contributed by atoms with Crippen LogP contribution >= 0.6 is 11.6 Å². The minimum Gasteiger partial charge on any atom is -0.296 e. The minimum absolute atomic E-state index is 0.134. The number of rotatable bonds is 3. The second-order valence-corrected chi connectivity index (χ2v) is 5.69. The molecular formula is C13H18ClN3O. The van der Waals surface area contributed by atoms with Crippen LogP contribution in [0.5, 0.6) is 0 Å².